The predicted octanol–water partition coefficient (Wildman–Crippen LogP) is 0.155. The number of nitrogens with one attached hydrogen (secondary N) is 2. The zero-order valence-corrected chi connectivity index (χ0v) is 11.1. The lowest BCUT2D eigenvalue weighted by Gasteiger charge is -2.12. The van der Waals surface area contributed by atoms with Crippen molar-refractivity contribution in [3.63, 3.8) is 0 Å². The SMILES string of the molecule is NC(=O)C[C@H](NC(=O)Cc1c[nH]c2ccccc12)C(=O)O. The fraction of sp³-hybridized carbons (Fsp3) is 0.214. The summed E-state index contributed by atoms with van der Waals surface area (Å²) in [7, 11) is 0. The van der Waals surface area contributed by atoms with Crippen molar-refractivity contribution < 1.29 is 19.5 Å². The molecule has 0 fully saturated rings. The van der Waals surface area contributed by atoms with E-state index in [1.165, 1.54) is 0 Å². The van der Waals surface area contributed by atoms with E-state index in [2.05, 4.69) is 10.3 Å². The van der Waals surface area contributed by atoms with Gasteiger partial charge in [-0.2, -0.15) is 0 Å². The van der Waals surface area contributed by atoms with Gasteiger partial charge < -0.3 is 21.1 Å². The Morgan fingerprint density at radius 1 is 1.29 bits per heavy atom. The molecule has 0 spiro atoms. The van der Waals surface area contributed by atoms with Crippen molar-refractivity contribution in [1.82, 2.24) is 10.3 Å². The normalized spacial score (nSPS) is 12.0. The number of aromatic nitrogens is 1. The maximum atomic E-state index is 11.9. The van der Waals surface area contributed by atoms with Crippen LogP contribution >= 0.6 is 0 Å². The third-order valence-electron chi connectivity index (χ3n) is 3.06. The number of hydrogen-bond donors (Lipinski definition) is 4. The summed E-state index contributed by atoms with van der Waals surface area (Å²) in [6.07, 6.45) is 1.29. The highest BCUT2D eigenvalue weighted by Gasteiger charge is 2.22. The van der Waals surface area contributed by atoms with Crippen LogP contribution in [0.2, 0.25) is 0 Å². The zero-order chi connectivity index (χ0) is 15.4. The minimum Gasteiger partial charge on any atom is -0.480 e. The van der Waals surface area contributed by atoms with Gasteiger partial charge in [0.05, 0.1) is 12.8 Å². The Kier molecular flexibility index (Phi) is 4.22. The van der Waals surface area contributed by atoms with E-state index in [4.69, 9.17) is 10.8 Å². The lowest BCUT2D eigenvalue weighted by molar-refractivity contribution is -0.143. The van der Waals surface area contributed by atoms with Crippen molar-refractivity contribution in [3.8, 4) is 0 Å². The number of H-pyrrole nitrogens is 1. The largest absolute Gasteiger partial charge is 0.480 e. The van der Waals surface area contributed by atoms with Crippen LogP contribution in [0.5, 0.6) is 0 Å². The topological polar surface area (TPSA) is 125 Å². The number of amides is 2. The number of benzene rings is 1. The van der Waals surface area contributed by atoms with E-state index >= 15 is 0 Å². The summed E-state index contributed by atoms with van der Waals surface area (Å²) in [5.41, 5.74) is 6.61. The fourth-order valence-corrected chi connectivity index (χ4v) is 2.10. The van der Waals surface area contributed by atoms with Crippen LogP contribution in [-0.2, 0) is 20.8 Å². The van der Waals surface area contributed by atoms with Crippen LogP contribution in [0, 0.1) is 0 Å². The molecule has 0 saturated carbocycles. The van der Waals surface area contributed by atoms with E-state index in [0.717, 1.165) is 16.5 Å². The first-order chi connectivity index (χ1) is 9.97. The molecule has 0 aliphatic carbocycles. The van der Waals surface area contributed by atoms with E-state index in [0.29, 0.717) is 0 Å². The van der Waals surface area contributed by atoms with Gasteiger partial charge in [-0.05, 0) is 11.6 Å². The average Bonchev–Trinajstić information content (AvgIpc) is 2.81. The molecule has 7 nitrogen and oxygen atoms in total. The highest BCUT2D eigenvalue weighted by molar-refractivity contribution is 5.92. The number of aromatic amines is 1. The third kappa shape index (κ3) is 3.59. The molecule has 21 heavy (non-hydrogen) atoms. The number of nitrogens with two attached hydrogens (primary N) is 1. The van der Waals surface area contributed by atoms with Crippen molar-refractivity contribution in [2.75, 3.05) is 0 Å². The van der Waals surface area contributed by atoms with E-state index in [9.17, 15) is 14.4 Å². The van der Waals surface area contributed by atoms with E-state index in [1.807, 2.05) is 24.3 Å². The lowest BCUT2D eigenvalue weighted by atomic mass is 10.1. The first-order valence-corrected chi connectivity index (χ1v) is 6.33. The zero-order valence-electron chi connectivity index (χ0n) is 11.1. The Morgan fingerprint density at radius 2 is 2.00 bits per heavy atom. The Bertz CT molecular complexity index is 692. The molecule has 110 valence electrons. The molecule has 0 bridgehead atoms. The number of rotatable bonds is 6. The average molecular weight is 289 g/mol. The molecule has 1 heterocycles. The van der Waals surface area contributed by atoms with Crippen LogP contribution in [0.1, 0.15) is 12.0 Å². The quantitative estimate of drug-likeness (QED) is 0.604. The van der Waals surface area contributed by atoms with Crippen molar-refractivity contribution in [3.05, 3.63) is 36.0 Å². The minimum absolute atomic E-state index is 0.0204. The van der Waals surface area contributed by atoms with Crippen LogP contribution in [-0.4, -0.2) is 33.9 Å². The van der Waals surface area contributed by atoms with Gasteiger partial charge in [-0.25, -0.2) is 4.79 Å². The van der Waals surface area contributed by atoms with Gasteiger partial charge in [0.25, 0.3) is 0 Å². The molecule has 2 aromatic rings. The number of carboxylic acid groups (broad SMARTS) is 1. The molecule has 1 aromatic heterocycles. The number of aliphatic carboxylic acids is 1. The second-order valence-corrected chi connectivity index (χ2v) is 4.67. The summed E-state index contributed by atoms with van der Waals surface area (Å²) >= 11 is 0. The molecule has 0 radical (unpaired) electrons. The number of hydrogen-bond acceptors (Lipinski definition) is 3. The summed E-state index contributed by atoms with van der Waals surface area (Å²) in [5.74, 6) is -2.55. The smallest absolute Gasteiger partial charge is 0.326 e. The van der Waals surface area contributed by atoms with Crippen LogP contribution in [0.4, 0.5) is 0 Å². The maximum Gasteiger partial charge on any atom is 0.326 e. The van der Waals surface area contributed by atoms with Gasteiger partial charge in [-0.1, -0.05) is 18.2 Å². The van der Waals surface area contributed by atoms with Crippen LogP contribution in [0.25, 0.3) is 10.9 Å². The number of carbonyl (C=O) groups excluding carboxylic acids is 2. The second-order valence-electron chi connectivity index (χ2n) is 4.67. The van der Waals surface area contributed by atoms with Crippen molar-refractivity contribution in [2.24, 2.45) is 5.73 Å². The number of carboxylic acids is 1. The molecule has 5 N–H and O–H groups in total. The molecular formula is C14H15N3O4. The van der Waals surface area contributed by atoms with Gasteiger partial charge in [0.2, 0.25) is 11.8 Å². The van der Waals surface area contributed by atoms with Gasteiger partial charge >= 0.3 is 5.97 Å². The molecule has 7 heteroatoms. The highest BCUT2D eigenvalue weighted by atomic mass is 16.4. The first-order valence-electron chi connectivity index (χ1n) is 6.33. The summed E-state index contributed by atoms with van der Waals surface area (Å²) in [5, 5.41) is 12.1. The number of fused-ring (bicyclic) bond motifs is 1. The molecule has 0 unspecified atom stereocenters. The van der Waals surface area contributed by atoms with Crippen LogP contribution in [0.3, 0.4) is 0 Å². The van der Waals surface area contributed by atoms with E-state index in [-0.39, 0.29) is 6.42 Å². The molecular weight excluding hydrogens is 274 g/mol. The predicted molar refractivity (Wildman–Crippen MR) is 75.4 cm³/mol. The van der Waals surface area contributed by atoms with Crippen LogP contribution in [0.15, 0.2) is 30.5 Å². The van der Waals surface area contributed by atoms with Gasteiger partial charge in [0, 0.05) is 17.1 Å². The fourth-order valence-electron chi connectivity index (χ4n) is 2.10. The number of para-hydroxylation sites is 1. The number of carbonyl (C=O) groups is 3. The van der Waals surface area contributed by atoms with Crippen molar-refractivity contribution >= 4 is 28.7 Å². The summed E-state index contributed by atoms with van der Waals surface area (Å²) in [4.78, 5) is 36.7. The van der Waals surface area contributed by atoms with Gasteiger partial charge in [-0.3, -0.25) is 9.59 Å². The molecule has 2 amide bonds. The molecule has 1 aromatic carbocycles. The molecule has 0 aliphatic heterocycles. The first kappa shape index (κ1) is 14.6. The van der Waals surface area contributed by atoms with E-state index < -0.39 is 30.2 Å². The van der Waals surface area contributed by atoms with Crippen molar-refractivity contribution in [1.29, 1.82) is 0 Å². The van der Waals surface area contributed by atoms with Crippen LogP contribution < -0.4 is 11.1 Å². The Balaban J connectivity index is 2.07. The monoisotopic (exact) mass is 289 g/mol. The van der Waals surface area contributed by atoms with Crippen molar-refractivity contribution in [2.45, 2.75) is 18.9 Å². The molecule has 0 aliphatic rings. The van der Waals surface area contributed by atoms with Gasteiger partial charge in [-0.15, -0.1) is 0 Å². The summed E-state index contributed by atoms with van der Waals surface area (Å²) in [6, 6.07) is 6.16. The second kappa shape index (κ2) is 6.08. The van der Waals surface area contributed by atoms with Gasteiger partial charge in [0.1, 0.15) is 6.04 Å². The third-order valence-corrected chi connectivity index (χ3v) is 3.06. The van der Waals surface area contributed by atoms with Gasteiger partial charge in [0.15, 0.2) is 0 Å². The lowest BCUT2D eigenvalue weighted by Crippen LogP contribution is -2.43. The molecule has 0 saturated heterocycles. The maximum absolute atomic E-state index is 11.9. The summed E-state index contributed by atoms with van der Waals surface area (Å²) < 4.78 is 0. The highest BCUT2D eigenvalue weighted by Crippen LogP contribution is 2.18. The minimum atomic E-state index is -1.31. The summed E-state index contributed by atoms with van der Waals surface area (Å²) in [6.45, 7) is 0. The Labute approximate surface area is 120 Å². The number of primary amides is 1. The molecule has 1 atom stereocenters. The van der Waals surface area contributed by atoms with E-state index in [1.54, 1.807) is 6.20 Å². The Morgan fingerprint density at radius 3 is 2.67 bits per heavy atom. The molecule has 2 rings (SSSR count). The standard InChI is InChI=1S/C14H15N3O4/c15-12(18)6-11(14(20)21)17-13(19)5-8-7-16-10-4-2-1-3-9(8)10/h1-4,7,11,16H,5-6H2,(H2,15,18)(H,17,19)(H,20,21)/t11-/m0/s1. The Hall–Kier alpha value is -2.83.